The summed E-state index contributed by atoms with van der Waals surface area (Å²) >= 11 is 0. The number of amides is 1. The van der Waals surface area contributed by atoms with Gasteiger partial charge in [0, 0.05) is 19.2 Å². The van der Waals surface area contributed by atoms with E-state index in [1.165, 1.54) is 4.90 Å². The van der Waals surface area contributed by atoms with Crippen molar-refractivity contribution < 1.29 is 14.3 Å². The van der Waals surface area contributed by atoms with Crippen molar-refractivity contribution in [1.82, 2.24) is 4.90 Å². The van der Waals surface area contributed by atoms with Crippen LogP contribution in [0.25, 0.3) is 0 Å². The Kier molecular flexibility index (Phi) is 5.20. The first-order chi connectivity index (χ1) is 8.15. The Bertz CT molecular complexity index is 376. The zero-order valence-corrected chi connectivity index (χ0v) is 10.2. The van der Waals surface area contributed by atoms with E-state index in [9.17, 15) is 9.59 Å². The van der Waals surface area contributed by atoms with E-state index < -0.39 is 0 Å². The summed E-state index contributed by atoms with van der Waals surface area (Å²) < 4.78 is 4.80. The van der Waals surface area contributed by atoms with Crippen LogP contribution in [0.3, 0.4) is 0 Å². The molecule has 0 saturated heterocycles. The molecule has 0 radical (unpaired) electrons. The van der Waals surface area contributed by atoms with E-state index in [1.54, 1.807) is 26.1 Å². The van der Waals surface area contributed by atoms with Gasteiger partial charge in [-0.2, -0.15) is 0 Å². The molecule has 0 aliphatic heterocycles. The molecule has 0 bridgehead atoms. The van der Waals surface area contributed by atoms with Gasteiger partial charge in [0.25, 0.3) is 5.91 Å². The Labute approximate surface area is 101 Å². The molecule has 1 aromatic rings. The average molecular weight is 235 g/mol. The molecule has 17 heavy (non-hydrogen) atoms. The van der Waals surface area contributed by atoms with Gasteiger partial charge in [0.05, 0.1) is 13.0 Å². The van der Waals surface area contributed by atoms with Crippen molar-refractivity contribution in [2.45, 2.75) is 13.3 Å². The fourth-order valence-corrected chi connectivity index (χ4v) is 1.39. The zero-order valence-electron chi connectivity index (χ0n) is 10.2. The molecular weight excluding hydrogens is 218 g/mol. The van der Waals surface area contributed by atoms with Gasteiger partial charge in [-0.3, -0.25) is 9.59 Å². The Hall–Kier alpha value is -1.84. The minimum atomic E-state index is -0.278. The molecule has 92 valence electrons. The van der Waals surface area contributed by atoms with Crippen molar-refractivity contribution in [2.24, 2.45) is 0 Å². The van der Waals surface area contributed by atoms with Crippen LogP contribution in [0.15, 0.2) is 30.3 Å². The highest BCUT2D eigenvalue weighted by Crippen LogP contribution is 2.03. The molecule has 0 aromatic heterocycles. The first-order valence-electron chi connectivity index (χ1n) is 5.61. The van der Waals surface area contributed by atoms with Gasteiger partial charge in [-0.25, -0.2) is 0 Å². The number of hydrogen-bond acceptors (Lipinski definition) is 3. The molecule has 1 aromatic carbocycles. The number of nitrogens with zero attached hydrogens (tertiary/aromatic N) is 1. The molecule has 0 unspecified atom stereocenters. The van der Waals surface area contributed by atoms with Crippen LogP contribution >= 0.6 is 0 Å². The molecule has 0 heterocycles. The van der Waals surface area contributed by atoms with E-state index in [4.69, 9.17) is 4.74 Å². The predicted octanol–water partition coefficient (Wildman–Crippen LogP) is 1.71. The second kappa shape index (κ2) is 6.68. The minimum Gasteiger partial charge on any atom is -0.466 e. The van der Waals surface area contributed by atoms with Crippen LogP contribution in [0.1, 0.15) is 23.7 Å². The fraction of sp³-hybridized carbons (Fsp3) is 0.385. The number of benzene rings is 1. The van der Waals surface area contributed by atoms with Gasteiger partial charge in [-0.05, 0) is 19.1 Å². The SMILES string of the molecule is CCOC(=O)CCN(C)C(=O)c1ccccc1. The number of hydrogen-bond donors (Lipinski definition) is 0. The monoisotopic (exact) mass is 235 g/mol. The first kappa shape index (κ1) is 13.2. The van der Waals surface area contributed by atoms with Gasteiger partial charge in [0.15, 0.2) is 0 Å². The molecule has 0 fully saturated rings. The van der Waals surface area contributed by atoms with E-state index in [0.29, 0.717) is 18.7 Å². The van der Waals surface area contributed by atoms with Crippen molar-refractivity contribution in [3.63, 3.8) is 0 Å². The quantitative estimate of drug-likeness (QED) is 0.730. The third-order valence-corrected chi connectivity index (χ3v) is 2.32. The van der Waals surface area contributed by atoms with Gasteiger partial charge in [-0.1, -0.05) is 18.2 Å². The Balaban J connectivity index is 2.45. The van der Waals surface area contributed by atoms with Crippen molar-refractivity contribution in [1.29, 1.82) is 0 Å². The molecule has 0 aliphatic carbocycles. The topological polar surface area (TPSA) is 46.6 Å². The zero-order chi connectivity index (χ0) is 12.7. The Morgan fingerprint density at radius 2 is 1.88 bits per heavy atom. The minimum absolute atomic E-state index is 0.0881. The van der Waals surface area contributed by atoms with Crippen molar-refractivity contribution >= 4 is 11.9 Å². The summed E-state index contributed by atoms with van der Waals surface area (Å²) in [5.74, 6) is -0.366. The maximum absolute atomic E-state index is 11.9. The smallest absolute Gasteiger partial charge is 0.307 e. The lowest BCUT2D eigenvalue weighted by Crippen LogP contribution is -2.29. The molecular formula is C13H17NO3. The molecule has 0 spiro atoms. The number of ether oxygens (including phenoxy) is 1. The van der Waals surface area contributed by atoms with Crippen molar-refractivity contribution in [2.75, 3.05) is 20.2 Å². The van der Waals surface area contributed by atoms with E-state index in [2.05, 4.69) is 0 Å². The van der Waals surface area contributed by atoms with Crippen LogP contribution in [0.2, 0.25) is 0 Å². The van der Waals surface area contributed by atoms with E-state index in [-0.39, 0.29) is 18.3 Å². The first-order valence-corrected chi connectivity index (χ1v) is 5.61. The lowest BCUT2D eigenvalue weighted by atomic mass is 10.2. The third kappa shape index (κ3) is 4.26. The molecule has 0 aliphatic rings. The second-order valence-corrected chi connectivity index (χ2v) is 3.65. The Morgan fingerprint density at radius 3 is 2.47 bits per heavy atom. The summed E-state index contributed by atoms with van der Waals surface area (Å²) in [6.07, 6.45) is 0.225. The lowest BCUT2D eigenvalue weighted by molar-refractivity contribution is -0.143. The molecule has 4 nitrogen and oxygen atoms in total. The van der Waals surface area contributed by atoms with Gasteiger partial charge < -0.3 is 9.64 Å². The number of esters is 1. The highest BCUT2D eigenvalue weighted by Gasteiger charge is 2.12. The van der Waals surface area contributed by atoms with Gasteiger partial charge in [-0.15, -0.1) is 0 Å². The van der Waals surface area contributed by atoms with Crippen LogP contribution in [-0.2, 0) is 9.53 Å². The standard InChI is InChI=1S/C13H17NO3/c1-3-17-12(15)9-10-14(2)13(16)11-7-5-4-6-8-11/h4-8H,3,9-10H2,1-2H3. The highest BCUT2D eigenvalue weighted by atomic mass is 16.5. The van der Waals surface area contributed by atoms with Gasteiger partial charge in [0.1, 0.15) is 0 Å². The van der Waals surface area contributed by atoms with E-state index >= 15 is 0 Å². The predicted molar refractivity (Wildman–Crippen MR) is 64.7 cm³/mol. The van der Waals surface area contributed by atoms with Crippen LogP contribution in [-0.4, -0.2) is 37.0 Å². The van der Waals surface area contributed by atoms with Crippen LogP contribution in [0.5, 0.6) is 0 Å². The number of carbonyl (C=O) groups excluding carboxylic acids is 2. The maximum Gasteiger partial charge on any atom is 0.307 e. The van der Waals surface area contributed by atoms with Crippen LogP contribution < -0.4 is 0 Å². The molecule has 1 rings (SSSR count). The molecule has 0 atom stereocenters. The van der Waals surface area contributed by atoms with Crippen molar-refractivity contribution in [3.8, 4) is 0 Å². The summed E-state index contributed by atoms with van der Waals surface area (Å²) in [5.41, 5.74) is 0.624. The Morgan fingerprint density at radius 1 is 1.24 bits per heavy atom. The fourth-order valence-electron chi connectivity index (χ4n) is 1.39. The molecule has 0 N–H and O–H groups in total. The second-order valence-electron chi connectivity index (χ2n) is 3.65. The molecule has 0 saturated carbocycles. The lowest BCUT2D eigenvalue weighted by Gasteiger charge is -2.16. The molecule has 4 heteroatoms. The van der Waals surface area contributed by atoms with Crippen LogP contribution in [0, 0.1) is 0 Å². The summed E-state index contributed by atoms with van der Waals surface area (Å²) in [5, 5.41) is 0. The number of carbonyl (C=O) groups is 2. The maximum atomic E-state index is 11.9. The van der Waals surface area contributed by atoms with Crippen molar-refractivity contribution in [3.05, 3.63) is 35.9 Å². The third-order valence-electron chi connectivity index (χ3n) is 2.32. The summed E-state index contributed by atoms with van der Waals surface area (Å²) in [6.45, 7) is 2.50. The largest absolute Gasteiger partial charge is 0.466 e. The average Bonchev–Trinajstić information content (AvgIpc) is 2.36. The highest BCUT2D eigenvalue weighted by molar-refractivity contribution is 5.94. The van der Waals surface area contributed by atoms with Gasteiger partial charge >= 0.3 is 5.97 Å². The normalized spacial score (nSPS) is 9.76. The van der Waals surface area contributed by atoms with E-state index in [1.807, 2.05) is 18.2 Å². The summed E-state index contributed by atoms with van der Waals surface area (Å²) in [7, 11) is 1.68. The molecule has 1 amide bonds. The van der Waals surface area contributed by atoms with Gasteiger partial charge in [0.2, 0.25) is 0 Å². The van der Waals surface area contributed by atoms with E-state index in [0.717, 1.165) is 0 Å². The summed E-state index contributed by atoms with van der Waals surface area (Å²) in [4.78, 5) is 24.6. The summed E-state index contributed by atoms with van der Waals surface area (Å²) in [6, 6.07) is 8.99. The number of rotatable bonds is 5. The van der Waals surface area contributed by atoms with Crippen LogP contribution in [0.4, 0.5) is 0 Å².